The number of aliphatic imine (C=N–C) groups is 1. The van der Waals surface area contributed by atoms with Crippen molar-refractivity contribution < 1.29 is 34.2 Å². The number of carboxylic acids is 1. The topological polar surface area (TPSA) is 278 Å². The monoisotopic (exact) mass is 488 g/mol. The molecule has 0 aliphatic heterocycles. The number of hydrogen-bond acceptors (Lipinski definition) is 8. The minimum absolute atomic E-state index is 0.0394. The van der Waals surface area contributed by atoms with Gasteiger partial charge in [-0.2, -0.15) is 0 Å². The fourth-order valence-electron chi connectivity index (χ4n) is 2.77. The van der Waals surface area contributed by atoms with Crippen LogP contribution in [0.25, 0.3) is 0 Å². The molecule has 34 heavy (non-hydrogen) atoms. The number of nitrogens with zero attached hydrogens (tertiary/aromatic N) is 1. The summed E-state index contributed by atoms with van der Waals surface area (Å²) < 4.78 is 0. The molecule has 0 aromatic rings. The van der Waals surface area contributed by atoms with Crippen molar-refractivity contribution in [1.29, 1.82) is 0 Å². The lowest BCUT2D eigenvalue weighted by atomic mass is 10.0. The zero-order valence-corrected chi connectivity index (χ0v) is 19.3. The minimum atomic E-state index is -1.64. The summed E-state index contributed by atoms with van der Waals surface area (Å²) in [6.07, 6.45) is 0.185. The second-order valence-electron chi connectivity index (χ2n) is 8.06. The number of aliphatic carboxylic acids is 1. The van der Waals surface area contributed by atoms with Crippen molar-refractivity contribution in [3.05, 3.63) is 0 Å². The average molecular weight is 489 g/mol. The van der Waals surface area contributed by atoms with Crippen LogP contribution in [-0.2, 0) is 24.0 Å². The predicted molar refractivity (Wildman–Crippen MR) is 122 cm³/mol. The van der Waals surface area contributed by atoms with Crippen molar-refractivity contribution in [2.45, 2.75) is 63.7 Å². The van der Waals surface area contributed by atoms with Gasteiger partial charge in [-0.25, -0.2) is 4.79 Å². The van der Waals surface area contributed by atoms with Gasteiger partial charge in [-0.15, -0.1) is 0 Å². The summed E-state index contributed by atoms with van der Waals surface area (Å²) in [7, 11) is 0. The van der Waals surface area contributed by atoms with Crippen molar-refractivity contribution in [1.82, 2.24) is 16.0 Å². The number of rotatable bonds is 16. The third-order valence-electron chi connectivity index (χ3n) is 4.48. The third kappa shape index (κ3) is 12.5. The van der Waals surface area contributed by atoms with Crippen LogP contribution in [0.3, 0.4) is 0 Å². The van der Waals surface area contributed by atoms with Gasteiger partial charge in [-0.1, -0.05) is 13.8 Å². The van der Waals surface area contributed by atoms with Crippen LogP contribution in [-0.4, -0.2) is 83.1 Å². The standard InChI is InChI=1S/C19H36N8O7/c1-9(2)6-11(25-15(30)10(20)4-3-5-24-19(22)23)16(31)27-13(8-28)17(32)26-12(18(33)34)7-14(21)29/h9-13,28H,3-8,20H2,1-2H3,(H2,21,29)(H,25,30)(H,26,32)(H,27,31)(H,33,34)(H4,22,23,24). The molecule has 194 valence electrons. The van der Waals surface area contributed by atoms with E-state index in [1.165, 1.54) is 0 Å². The van der Waals surface area contributed by atoms with Gasteiger partial charge in [0.2, 0.25) is 23.6 Å². The zero-order chi connectivity index (χ0) is 26.4. The maximum Gasteiger partial charge on any atom is 0.326 e. The Morgan fingerprint density at radius 1 is 0.882 bits per heavy atom. The Morgan fingerprint density at radius 2 is 1.41 bits per heavy atom. The molecule has 0 saturated carbocycles. The summed E-state index contributed by atoms with van der Waals surface area (Å²) >= 11 is 0. The number of hydrogen-bond donors (Lipinski definition) is 9. The smallest absolute Gasteiger partial charge is 0.326 e. The highest BCUT2D eigenvalue weighted by molar-refractivity contribution is 5.94. The number of guanidine groups is 1. The van der Waals surface area contributed by atoms with Crippen molar-refractivity contribution in [3.63, 3.8) is 0 Å². The molecule has 15 nitrogen and oxygen atoms in total. The molecule has 0 aliphatic carbocycles. The number of carboxylic acid groups (broad SMARTS) is 1. The molecule has 0 spiro atoms. The summed E-state index contributed by atoms with van der Waals surface area (Å²) in [5, 5.41) is 25.4. The molecular weight excluding hydrogens is 452 g/mol. The van der Waals surface area contributed by atoms with Gasteiger partial charge < -0.3 is 49.1 Å². The first kappa shape index (κ1) is 30.5. The van der Waals surface area contributed by atoms with Gasteiger partial charge in [0.1, 0.15) is 18.1 Å². The van der Waals surface area contributed by atoms with E-state index >= 15 is 0 Å². The van der Waals surface area contributed by atoms with E-state index in [1.807, 2.05) is 5.32 Å². The first-order valence-electron chi connectivity index (χ1n) is 10.6. The lowest BCUT2D eigenvalue weighted by Gasteiger charge is -2.25. The first-order valence-corrected chi connectivity index (χ1v) is 10.6. The normalized spacial score (nSPS) is 14.3. The number of nitrogens with one attached hydrogen (secondary N) is 3. The molecule has 0 radical (unpaired) electrons. The fourth-order valence-corrected chi connectivity index (χ4v) is 2.77. The molecule has 0 rings (SSSR count). The van der Waals surface area contributed by atoms with Crippen molar-refractivity contribution >= 4 is 35.6 Å². The average Bonchev–Trinajstić information content (AvgIpc) is 2.72. The number of primary amides is 1. The second-order valence-corrected chi connectivity index (χ2v) is 8.06. The number of aliphatic hydroxyl groups excluding tert-OH is 1. The van der Waals surface area contributed by atoms with Crippen LogP contribution in [0, 0.1) is 5.92 Å². The molecule has 4 unspecified atom stereocenters. The Hall–Kier alpha value is -3.46. The Morgan fingerprint density at radius 3 is 1.88 bits per heavy atom. The van der Waals surface area contributed by atoms with Crippen molar-refractivity contribution in [2.24, 2.45) is 33.8 Å². The molecular formula is C19H36N8O7. The van der Waals surface area contributed by atoms with Crippen LogP contribution in [0.4, 0.5) is 0 Å². The van der Waals surface area contributed by atoms with E-state index in [0.29, 0.717) is 6.42 Å². The van der Waals surface area contributed by atoms with Gasteiger partial charge in [0.05, 0.1) is 19.1 Å². The SMILES string of the molecule is CC(C)CC(NC(=O)C(N)CCCN=C(N)N)C(=O)NC(CO)C(=O)NC(CC(N)=O)C(=O)O. The molecule has 0 aromatic carbocycles. The van der Waals surface area contributed by atoms with E-state index in [-0.39, 0.29) is 31.3 Å². The van der Waals surface area contributed by atoms with E-state index in [4.69, 9.17) is 28.0 Å². The number of carbonyl (C=O) groups excluding carboxylic acids is 4. The highest BCUT2D eigenvalue weighted by Gasteiger charge is 2.30. The summed E-state index contributed by atoms with van der Waals surface area (Å²) in [5.74, 6) is -5.05. The molecule has 4 atom stereocenters. The fraction of sp³-hybridized carbons (Fsp3) is 0.684. The van der Waals surface area contributed by atoms with Gasteiger partial charge in [0, 0.05) is 6.54 Å². The molecule has 13 N–H and O–H groups in total. The highest BCUT2D eigenvalue weighted by Crippen LogP contribution is 2.07. The number of amides is 4. The minimum Gasteiger partial charge on any atom is -0.480 e. The van der Waals surface area contributed by atoms with Crippen molar-refractivity contribution in [3.8, 4) is 0 Å². The molecule has 0 saturated heterocycles. The van der Waals surface area contributed by atoms with E-state index < -0.39 is 66.8 Å². The van der Waals surface area contributed by atoms with Crippen LogP contribution >= 0.6 is 0 Å². The van der Waals surface area contributed by atoms with E-state index in [9.17, 15) is 29.1 Å². The summed E-state index contributed by atoms with van der Waals surface area (Å²) in [5.41, 5.74) is 21.3. The van der Waals surface area contributed by atoms with Crippen LogP contribution in [0.2, 0.25) is 0 Å². The Balaban J connectivity index is 5.17. The first-order chi connectivity index (χ1) is 15.8. The van der Waals surface area contributed by atoms with Gasteiger partial charge >= 0.3 is 5.97 Å². The Bertz CT molecular complexity index is 755. The van der Waals surface area contributed by atoms with Crippen LogP contribution < -0.4 is 38.9 Å². The maximum atomic E-state index is 12.7. The van der Waals surface area contributed by atoms with Gasteiger partial charge in [-0.05, 0) is 25.2 Å². The lowest BCUT2D eigenvalue weighted by Crippen LogP contribution is -2.58. The maximum absolute atomic E-state index is 12.7. The van der Waals surface area contributed by atoms with Gasteiger partial charge in [-0.3, -0.25) is 24.2 Å². The largest absolute Gasteiger partial charge is 0.480 e. The number of carbonyl (C=O) groups is 5. The molecule has 0 aromatic heterocycles. The Kier molecular flexibility index (Phi) is 13.8. The molecule has 0 fully saturated rings. The number of aliphatic hydroxyl groups is 1. The van der Waals surface area contributed by atoms with Crippen molar-refractivity contribution in [2.75, 3.05) is 13.2 Å². The summed E-state index contributed by atoms with van der Waals surface area (Å²) in [6, 6.07) is -5.21. The molecule has 4 amide bonds. The van der Waals surface area contributed by atoms with Gasteiger partial charge in [0.25, 0.3) is 0 Å². The zero-order valence-electron chi connectivity index (χ0n) is 19.3. The van der Waals surface area contributed by atoms with E-state index in [1.54, 1.807) is 13.8 Å². The quantitative estimate of drug-likeness (QED) is 0.0573. The predicted octanol–water partition coefficient (Wildman–Crippen LogP) is -4.18. The Labute approximate surface area is 197 Å². The molecule has 0 heterocycles. The molecule has 0 aliphatic rings. The summed E-state index contributed by atoms with van der Waals surface area (Å²) in [4.78, 5) is 63.5. The van der Waals surface area contributed by atoms with Crippen LogP contribution in [0.15, 0.2) is 4.99 Å². The van der Waals surface area contributed by atoms with Crippen LogP contribution in [0.5, 0.6) is 0 Å². The molecule has 0 bridgehead atoms. The summed E-state index contributed by atoms with van der Waals surface area (Å²) in [6.45, 7) is 3.02. The second kappa shape index (κ2) is 15.4. The molecule has 15 heteroatoms. The van der Waals surface area contributed by atoms with Gasteiger partial charge in [0.15, 0.2) is 5.96 Å². The van der Waals surface area contributed by atoms with E-state index in [2.05, 4.69) is 15.6 Å². The van der Waals surface area contributed by atoms with E-state index in [0.717, 1.165) is 0 Å². The highest BCUT2D eigenvalue weighted by atomic mass is 16.4. The third-order valence-corrected chi connectivity index (χ3v) is 4.48. The van der Waals surface area contributed by atoms with Crippen LogP contribution in [0.1, 0.15) is 39.5 Å². The lowest BCUT2D eigenvalue weighted by molar-refractivity contribution is -0.144. The number of nitrogens with two attached hydrogens (primary N) is 4.